The molecule has 150 valence electrons. The number of carbonyl (C=O) groups excluding carboxylic acids is 1. The van der Waals surface area contributed by atoms with Crippen LogP contribution in [-0.2, 0) is 0 Å². The standard InChI is InChI=1S/C22H24ClN5O/c23-19-8-16(27-11-14-7-15(27)2-1-13(14)10-24)3-5-18(19)22(29)26-20-9-17-4-6-21(20)28(17)12-25/h3,5,8,13-15,17,20-21H,1-2,4,6-7,9,11H2,(H,26,29)/t13-,14?,15?,17-,20+,21+/m0/s1. The van der Waals surface area contributed by atoms with Crippen LogP contribution in [0.3, 0.4) is 0 Å². The molecule has 1 aliphatic carbocycles. The lowest BCUT2D eigenvalue weighted by Gasteiger charge is -2.27. The Morgan fingerprint density at radius 3 is 2.69 bits per heavy atom. The zero-order valence-corrected chi connectivity index (χ0v) is 17.0. The van der Waals surface area contributed by atoms with E-state index in [1.54, 1.807) is 0 Å². The highest BCUT2D eigenvalue weighted by Crippen LogP contribution is 2.42. The predicted molar refractivity (Wildman–Crippen MR) is 109 cm³/mol. The molecule has 1 N–H and O–H groups in total. The number of benzene rings is 1. The lowest BCUT2D eigenvalue weighted by atomic mass is 9.81. The fourth-order valence-corrected chi connectivity index (χ4v) is 6.29. The van der Waals surface area contributed by atoms with Crippen LogP contribution in [0.25, 0.3) is 0 Å². The number of rotatable bonds is 3. The lowest BCUT2D eigenvalue weighted by Crippen LogP contribution is -2.43. The quantitative estimate of drug-likeness (QED) is 0.774. The van der Waals surface area contributed by atoms with E-state index in [-0.39, 0.29) is 30.0 Å². The Kier molecular flexibility index (Phi) is 4.56. The van der Waals surface area contributed by atoms with Crippen LogP contribution in [0.1, 0.15) is 48.9 Å². The van der Waals surface area contributed by atoms with Crippen molar-refractivity contribution in [2.75, 3.05) is 11.4 Å². The minimum atomic E-state index is -0.165. The largest absolute Gasteiger partial charge is 0.368 e. The van der Waals surface area contributed by atoms with E-state index in [9.17, 15) is 15.3 Å². The van der Waals surface area contributed by atoms with Gasteiger partial charge in [-0.1, -0.05) is 11.6 Å². The Morgan fingerprint density at radius 2 is 1.97 bits per heavy atom. The summed E-state index contributed by atoms with van der Waals surface area (Å²) in [4.78, 5) is 17.0. The Labute approximate surface area is 176 Å². The summed E-state index contributed by atoms with van der Waals surface area (Å²) in [6, 6.07) is 9.00. The molecule has 1 amide bonds. The molecular formula is C22H24ClN5O. The van der Waals surface area contributed by atoms with Crippen molar-refractivity contribution in [3.63, 3.8) is 0 Å². The summed E-state index contributed by atoms with van der Waals surface area (Å²) in [5.41, 5.74) is 1.52. The minimum absolute atomic E-state index is 0.0115. The molecule has 3 aliphatic heterocycles. The van der Waals surface area contributed by atoms with Gasteiger partial charge in [0.05, 0.1) is 34.7 Å². The third kappa shape index (κ3) is 3.02. The number of nitrogens with one attached hydrogen (secondary N) is 1. The number of anilines is 1. The van der Waals surface area contributed by atoms with E-state index in [1.165, 1.54) is 0 Å². The highest BCUT2D eigenvalue weighted by molar-refractivity contribution is 6.34. The number of nitrogens with zero attached hydrogens (tertiary/aromatic N) is 4. The zero-order valence-electron chi connectivity index (χ0n) is 16.2. The molecule has 1 aromatic carbocycles. The normalized spacial score (nSPS) is 34.7. The van der Waals surface area contributed by atoms with Gasteiger partial charge in [-0.3, -0.25) is 4.79 Å². The second-order valence-corrected chi connectivity index (χ2v) is 9.31. The van der Waals surface area contributed by atoms with Crippen LogP contribution in [0.4, 0.5) is 5.69 Å². The molecular weight excluding hydrogens is 386 g/mol. The van der Waals surface area contributed by atoms with Crippen LogP contribution < -0.4 is 10.2 Å². The summed E-state index contributed by atoms with van der Waals surface area (Å²) in [6.45, 7) is 0.889. The predicted octanol–water partition coefficient (Wildman–Crippen LogP) is 3.28. The van der Waals surface area contributed by atoms with Gasteiger partial charge < -0.3 is 15.1 Å². The maximum Gasteiger partial charge on any atom is 0.253 e. The van der Waals surface area contributed by atoms with Crippen molar-refractivity contribution in [2.45, 2.75) is 62.7 Å². The topological polar surface area (TPSA) is 83.2 Å². The van der Waals surface area contributed by atoms with Gasteiger partial charge in [0.25, 0.3) is 5.91 Å². The van der Waals surface area contributed by atoms with Crippen molar-refractivity contribution in [3.05, 3.63) is 28.8 Å². The molecule has 1 saturated carbocycles. The molecule has 5 rings (SSSR count). The Hall–Kier alpha value is -2.44. The fraction of sp³-hybridized carbons (Fsp3) is 0.591. The average Bonchev–Trinajstić information content (AvgIpc) is 3.38. The molecule has 3 heterocycles. The Bertz CT molecular complexity index is 921. The van der Waals surface area contributed by atoms with Crippen LogP contribution in [-0.4, -0.2) is 41.5 Å². The molecule has 4 fully saturated rings. The maximum atomic E-state index is 12.8. The van der Waals surface area contributed by atoms with E-state index < -0.39 is 0 Å². The van der Waals surface area contributed by atoms with Gasteiger partial charge in [0, 0.05) is 24.3 Å². The molecule has 29 heavy (non-hydrogen) atoms. The van der Waals surface area contributed by atoms with Gasteiger partial charge in [0.2, 0.25) is 0 Å². The molecule has 7 heteroatoms. The smallest absolute Gasteiger partial charge is 0.253 e. The summed E-state index contributed by atoms with van der Waals surface area (Å²) >= 11 is 6.52. The molecule has 0 radical (unpaired) electrons. The monoisotopic (exact) mass is 409 g/mol. The van der Waals surface area contributed by atoms with Crippen LogP contribution in [0.5, 0.6) is 0 Å². The summed E-state index contributed by atoms with van der Waals surface area (Å²) in [6.07, 6.45) is 8.17. The average molecular weight is 410 g/mol. The minimum Gasteiger partial charge on any atom is -0.368 e. The number of halogens is 1. The first-order valence-electron chi connectivity index (χ1n) is 10.5. The summed E-state index contributed by atoms with van der Waals surface area (Å²) in [7, 11) is 0. The molecule has 2 unspecified atom stereocenters. The highest BCUT2D eigenvalue weighted by atomic mass is 35.5. The van der Waals surface area contributed by atoms with E-state index in [1.807, 2.05) is 23.1 Å². The second-order valence-electron chi connectivity index (χ2n) is 8.90. The molecule has 3 saturated heterocycles. The van der Waals surface area contributed by atoms with Gasteiger partial charge in [-0.2, -0.15) is 10.5 Å². The number of fused-ring (bicyclic) bond motifs is 4. The maximum absolute atomic E-state index is 12.8. The summed E-state index contributed by atoms with van der Waals surface area (Å²) in [5.74, 6) is 0.426. The van der Waals surface area contributed by atoms with Crippen LogP contribution in [0.15, 0.2) is 18.2 Å². The lowest BCUT2D eigenvalue weighted by molar-refractivity contribution is 0.0928. The van der Waals surface area contributed by atoms with E-state index in [0.29, 0.717) is 22.5 Å². The molecule has 6 atom stereocenters. The van der Waals surface area contributed by atoms with Crippen molar-refractivity contribution in [1.29, 1.82) is 10.5 Å². The number of hydrogen-bond donors (Lipinski definition) is 1. The molecule has 6 nitrogen and oxygen atoms in total. The number of amides is 1. The molecule has 0 spiro atoms. The number of hydrogen-bond acceptors (Lipinski definition) is 5. The first-order chi connectivity index (χ1) is 14.1. The van der Waals surface area contributed by atoms with E-state index in [2.05, 4.69) is 22.5 Å². The van der Waals surface area contributed by atoms with Gasteiger partial charge in [0.1, 0.15) is 0 Å². The molecule has 0 aromatic heterocycles. The zero-order chi connectivity index (χ0) is 20.1. The van der Waals surface area contributed by atoms with Gasteiger partial charge in [-0.25, -0.2) is 0 Å². The van der Waals surface area contributed by atoms with Crippen molar-refractivity contribution < 1.29 is 4.79 Å². The molecule has 4 bridgehead atoms. The first-order valence-corrected chi connectivity index (χ1v) is 10.9. The van der Waals surface area contributed by atoms with Crippen molar-refractivity contribution >= 4 is 23.2 Å². The van der Waals surface area contributed by atoms with Crippen LogP contribution in [0.2, 0.25) is 5.02 Å². The SMILES string of the molecule is N#C[C@@H]1CCC2CC1CN2c1ccc(C(=O)N[C@@H]2C[C@@H]3CC[C@H]2N3C#N)c(Cl)c1. The Balaban J connectivity index is 1.29. The van der Waals surface area contributed by atoms with Crippen LogP contribution in [0, 0.1) is 34.6 Å². The van der Waals surface area contributed by atoms with Gasteiger partial charge in [-0.15, -0.1) is 0 Å². The van der Waals surface area contributed by atoms with Crippen molar-refractivity contribution in [3.8, 4) is 12.3 Å². The number of nitriles is 2. The van der Waals surface area contributed by atoms with Crippen molar-refractivity contribution in [2.24, 2.45) is 11.8 Å². The second kappa shape index (κ2) is 7.11. The van der Waals surface area contributed by atoms with Gasteiger partial charge >= 0.3 is 0 Å². The van der Waals surface area contributed by atoms with E-state index in [4.69, 9.17) is 11.6 Å². The summed E-state index contributed by atoms with van der Waals surface area (Å²) in [5, 5.41) is 22.2. The van der Waals surface area contributed by atoms with Crippen LogP contribution >= 0.6 is 11.6 Å². The summed E-state index contributed by atoms with van der Waals surface area (Å²) < 4.78 is 0. The third-order valence-electron chi connectivity index (χ3n) is 7.49. The molecule has 1 aromatic rings. The van der Waals surface area contributed by atoms with E-state index in [0.717, 1.165) is 50.8 Å². The molecule has 4 aliphatic rings. The number of carbonyl (C=O) groups is 1. The highest BCUT2D eigenvalue weighted by Gasteiger charge is 2.46. The van der Waals surface area contributed by atoms with Gasteiger partial charge in [0.15, 0.2) is 6.19 Å². The van der Waals surface area contributed by atoms with E-state index >= 15 is 0 Å². The first kappa shape index (κ1) is 18.6. The third-order valence-corrected chi connectivity index (χ3v) is 7.80. The fourth-order valence-electron chi connectivity index (χ4n) is 6.02. The van der Waals surface area contributed by atoms with Gasteiger partial charge in [-0.05, 0) is 62.6 Å². The van der Waals surface area contributed by atoms with Crippen molar-refractivity contribution in [1.82, 2.24) is 10.2 Å². The Morgan fingerprint density at radius 1 is 1.14 bits per heavy atom.